The number of benzene rings is 3. The molecule has 0 spiro atoms. The van der Waals surface area contributed by atoms with Crippen LogP contribution < -0.4 is 10.1 Å². The fourth-order valence-electron chi connectivity index (χ4n) is 2.98. The number of hydrogen-bond donors (Lipinski definition) is 1. The first-order valence-corrected chi connectivity index (χ1v) is 9.13. The van der Waals surface area contributed by atoms with Gasteiger partial charge in [-0.15, -0.1) is 0 Å². The predicted molar refractivity (Wildman–Crippen MR) is 112 cm³/mol. The van der Waals surface area contributed by atoms with Crippen LogP contribution in [0.15, 0.2) is 84.9 Å². The Bertz CT molecular complexity index is 1120. The van der Waals surface area contributed by atoms with E-state index in [1.54, 1.807) is 18.2 Å². The van der Waals surface area contributed by atoms with E-state index in [9.17, 15) is 4.79 Å². The zero-order valence-corrected chi connectivity index (χ0v) is 15.6. The Balaban J connectivity index is 1.39. The summed E-state index contributed by atoms with van der Waals surface area (Å²) in [5.41, 5.74) is 2.44. The van der Waals surface area contributed by atoms with Crippen LogP contribution in [0.5, 0.6) is 5.75 Å². The van der Waals surface area contributed by atoms with Crippen LogP contribution in [0.4, 0.5) is 5.82 Å². The van der Waals surface area contributed by atoms with Crippen LogP contribution in [-0.2, 0) is 6.61 Å². The van der Waals surface area contributed by atoms with Gasteiger partial charge in [-0.3, -0.25) is 4.79 Å². The molecular weight excluding hydrogens is 348 g/mol. The molecule has 3 aromatic carbocycles. The molecule has 0 atom stereocenters. The van der Waals surface area contributed by atoms with Crippen LogP contribution in [0.1, 0.15) is 21.6 Å². The Labute approximate surface area is 163 Å². The number of nitrogens with one attached hydrogen (secondary N) is 1. The standard InChI is InChI=1S/C24H20N2O2/c1-17-5-4-8-23(25-17)26-24(27)20-11-9-18(10-12-20)16-28-22-14-13-19-6-2-3-7-21(19)15-22/h2-15H,16H2,1H3,(H,25,26,27). The molecule has 1 aromatic heterocycles. The summed E-state index contributed by atoms with van der Waals surface area (Å²) in [6.07, 6.45) is 0. The highest BCUT2D eigenvalue weighted by molar-refractivity contribution is 6.03. The van der Waals surface area contributed by atoms with Gasteiger partial charge < -0.3 is 10.1 Å². The molecule has 0 saturated heterocycles. The Morgan fingerprint density at radius 3 is 2.46 bits per heavy atom. The van der Waals surface area contributed by atoms with Gasteiger partial charge in [-0.05, 0) is 59.7 Å². The lowest BCUT2D eigenvalue weighted by Crippen LogP contribution is -2.13. The van der Waals surface area contributed by atoms with Crippen molar-refractivity contribution in [1.82, 2.24) is 4.98 Å². The number of aromatic nitrogens is 1. The van der Waals surface area contributed by atoms with E-state index in [2.05, 4.69) is 28.5 Å². The van der Waals surface area contributed by atoms with Gasteiger partial charge in [0.25, 0.3) is 5.91 Å². The van der Waals surface area contributed by atoms with Gasteiger partial charge in [0.15, 0.2) is 0 Å². The van der Waals surface area contributed by atoms with Gasteiger partial charge in [0.05, 0.1) is 0 Å². The van der Waals surface area contributed by atoms with E-state index in [-0.39, 0.29) is 5.91 Å². The maximum Gasteiger partial charge on any atom is 0.256 e. The third kappa shape index (κ3) is 4.18. The molecule has 4 heteroatoms. The average molecular weight is 368 g/mol. The zero-order chi connectivity index (χ0) is 19.3. The number of fused-ring (bicyclic) bond motifs is 1. The third-order valence-electron chi connectivity index (χ3n) is 4.47. The summed E-state index contributed by atoms with van der Waals surface area (Å²) in [5, 5.41) is 5.15. The quantitative estimate of drug-likeness (QED) is 0.515. The maximum atomic E-state index is 12.4. The van der Waals surface area contributed by atoms with Crippen molar-refractivity contribution in [3.05, 3.63) is 102 Å². The molecule has 138 valence electrons. The monoisotopic (exact) mass is 368 g/mol. The second-order valence-electron chi connectivity index (χ2n) is 6.61. The van der Waals surface area contributed by atoms with Gasteiger partial charge >= 0.3 is 0 Å². The molecule has 1 amide bonds. The summed E-state index contributed by atoms with van der Waals surface area (Å²) >= 11 is 0. The summed E-state index contributed by atoms with van der Waals surface area (Å²) in [6.45, 7) is 2.33. The Morgan fingerprint density at radius 1 is 0.893 bits per heavy atom. The van der Waals surface area contributed by atoms with E-state index < -0.39 is 0 Å². The van der Waals surface area contributed by atoms with E-state index in [0.29, 0.717) is 18.0 Å². The first kappa shape index (κ1) is 17.7. The Kier molecular flexibility index (Phi) is 5.02. The molecule has 1 heterocycles. The normalized spacial score (nSPS) is 10.6. The Morgan fingerprint density at radius 2 is 1.68 bits per heavy atom. The number of nitrogens with zero attached hydrogens (tertiary/aromatic N) is 1. The Hall–Kier alpha value is -3.66. The number of carbonyl (C=O) groups is 1. The van der Waals surface area contributed by atoms with Crippen molar-refractivity contribution in [2.24, 2.45) is 0 Å². The smallest absolute Gasteiger partial charge is 0.256 e. The topological polar surface area (TPSA) is 51.2 Å². The minimum atomic E-state index is -0.180. The summed E-state index contributed by atoms with van der Waals surface area (Å²) in [7, 11) is 0. The molecule has 1 N–H and O–H groups in total. The van der Waals surface area contributed by atoms with Gasteiger partial charge in [0.2, 0.25) is 0 Å². The fraction of sp³-hybridized carbons (Fsp3) is 0.0833. The van der Waals surface area contributed by atoms with Crippen LogP contribution >= 0.6 is 0 Å². The van der Waals surface area contributed by atoms with Crippen LogP contribution in [0.2, 0.25) is 0 Å². The zero-order valence-electron chi connectivity index (χ0n) is 15.6. The van der Waals surface area contributed by atoms with Gasteiger partial charge in [-0.1, -0.05) is 48.5 Å². The third-order valence-corrected chi connectivity index (χ3v) is 4.47. The van der Waals surface area contributed by atoms with Crippen molar-refractivity contribution in [1.29, 1.82) is 0 Å². The molecule has 4 rings (SSSR count). The lowest BCUT2D eigenvalue weighted by Gasteiger charge is -2.09. The molecule has 0 aliphatic rings. The van der Waals surface area contributed by atoms with Crippen LogP contribution in [-0.4, -0.2) is 10.9 Å². The van der Waals surface area contributed by atoms with Crippen molar-refractivity contribution in [3.63, 3.8) is 0 Å². The number of rotatable bonds is 5. The highest BCUT2D eigenvalue weighted by atomic mass is 16.5. The summed E-state index contributed by atoms with van der Waals surface area (Å²) < 4.78 is 5.90. The van der Waals surface area contributed by atoms with Crippen LogP contribution in [0.25, 0.3) is 10.8 Å². The van der Waals surface area contributed by atoms with E-state index in [1.165, 1.54) is 5.39 Å². The number of carbonyl (C=O) groups excluding carboxylic acids is 1. The van der Waals surface area contributed by atoms with Crippen LogP contribution in [0, 0.1) is 6.92 Å². The van der Waals surface area contributed by atoms with E-state index >= 15 is 0 Å². The molecule has 4 aromatic rings. The van der Waals surface area contributed by atoms with Gasteiger partial charge in [0.1, 0.15) is 18.2 Å². The second kappa shape index (κ2) is 7.92. The highest BCUT2D eigenvalue weighted by Crippen LogP contribution is 2.21. The molecule has 0 unspecified atom stereocenters. The molecule has 28 heavy (non-hydrogen) atoms. The summed E-state index contributed by atoms with van der Waals surface area (Å²) in [6, 6.07) is 27.2. The molecule has 0 fully saturated rings. The molecule has 0 aliphatic carbocycles. The number of aryl methyl sites for hydroxylation is 1. The van der Waals surface area contributed by atoms with Crippen molar-refractivity contribution < 1.29 is 9.53 Å². The highest BCUT2D eigenvalue weighted by Gasteiger charge is 2.07. The minimum absolute atomic E-state index is 0.180. The number of amides is 1. The van der Waals surface area contributed by atoms with Crippen molar-refractivity contribution >= 4 is 22.5 Å². The number of anilines is 1. The largest absolute Gasteiger partial charge is 0.489 e. The van der Waals surface area contributed by atoms with E-state index in [0.717, 1.165) is 22.4 Å². The van der Waals surface area contributed by atoms with Gasteiger partial charge in [0, 0.05) is 11.3 Å². The van der Waals surface area contributed by atoms with Crippen molar-refractivity contribution in [2.75, 3.05) is 5.32 Å². The lowest BCUT2D eigenvalue weighted by atomic mass is 10.1. The molecule has 0 aliphatic heterocycles. The summed E-state index contributed by atoms with van der Waals surface area (Å²) in [5.74, 6) is 1.19. The van der Waals surface area contributed by atoms with Crippen molar-refractivity contribution in [2.45, 2.75) is 13.5 Å². The van der Waals surface area contributed by atoms with Gasteiger partial charge in [-0.25, -0.2) is 4.98 Å². The molecule has 4 nitrogen and oxygen atoms in total. The van der Waals surface area contributed by atoms with Crippen molar-refractivity contribution in [3.8, 4) is 5.75 Å². The fourth-order valence-corrected chi connectivity index (χ4v) is 2.98. The first-order chi connectivity index (χ1) is 13.7. The minimum Gasteiger partial charge on any atom is -0.489 e. The van der Waals surface area contributed by atoms with E-state index in [4.69, 9.17) is 4.74 Å². The van der Waals surface area contributed by atoms with Gasteiger partial charge in [-0.2, -0.15) is 0 Å². The van der Waals surface area contributed by atoms with E-state index in [1.807, 2.05) is 55.5 Å². The molecule has 0 radical (unpaired) electrons. The predicted octanol–water partition coefficient (Wildman–Crippen LogP) is 5.37. The molecule has 0 bridgehead atoms. The second-order valence-corrected chi connectivity index (χ2v) is 6.61. The SMILES string of the molecule is Cc1cccc(NC(=O)c2ccc(COc3ccc4ccccc4c3)cc2)n1. The number of hydrogen-bond acceptors (Lipinski definition) is 3. The maximum absolute atomic E-state index is 12.4. The molecule has 0 saturated carbocycles. The first-order valence-electron chi connectivity index (χ1n) is 9.13. The van der Waals surface area contributed by atoms with Crippen LogP contribution in [0.3, 0.4) is 0 Å². The lowest BCUT2D eigenvalue weighted by molar-refractivity contribution is 0.102. The molecular formula is C24H20N2O2. The number of ether oxygens (including phenoxy) is 1. The number of pyridine rings is 1. The summed E-state index contributed by atoms with van der Waals surface area (Å²) in [4.78, 5) is 16.6. The average Bonchev–Trinajstić information content (AvgIpc) is 2.72.